The Hall–Kier alpha value is -5.76. The molecule has 1 unspecified atom stereocenters. The number of hydrogen-bond donors (Lipinski definition) is 1. The minimum atomic E-state index is -3.18. The molecule has 1 aliphatic heterocycles. The van der Waals surface area contributed by atoms with E-state index in [1.165, 1.54) is 38.6 Å². The Morgan fingerprint density at radius 1 is 0.580 bits per heavy atom. The van der Waals surface area contributed by atoms with Gasteiger partial charge in [0.05, 0.1) is 17.3 Å². The predicted octanol–water partition coefficient (Wildman–Crippen LogP) is 10.5. The maximum Gasteiger partial charge on any atom is 0.171 e. The highest BCUT2D eigenvalue weighted by Crippen LogP contribution is 2.52. The summed E-state index contributed by atoms with van der Waals surface area (Å²) in [5.74, 6) is 0. The second-order valence-electron chi connectivity index (χ2n) is 13.1. The number of nitrogens with one attached hydrogen (secondary N) is 1. The highest BCUT2D eigenvalue weighted by Gasteiger charge is 2.35. The number of para-hydroxylation sites is 1. The molecule has 0 radical (unpaired) electrons. The predicted molar refractivity (Wildman–Crippen MR) is 211 cm³/mol. The topological polar surface area (TPSA) is 42.0 Å². The van der Waals surface area contributed by atoms with Gasteiger partial charge < -0.3 is 9.88 Å². The maximum absolute atomic E-state index is 15.5. The van der Waals surface area contributed by atoms with Crippen molar-refractivity contribution in [1.29, 1.82) is 0 Å². The standard InChI is InChI=1S/C46H35N2OP/c1-30-41-37-25-15-16-26-39(37)47-45(32-17-7-3-8-18-32)43(41)31(2)42-38-28-27-36(29-40(38)48-46(44(30)42)33-19-9-4-10-20-33)50(49,34-21-11-5-12-22-34)35-23-13-6-14-24-35/h3-29,46,48H,1-2H3. The van der Waals surface area contributed by atoms with E-state index in [4.69, 9.17) is 4.98 Å². The molecule has 0 bridgehead atoms. The van der Waals surface area contributed by atoms with Crippen LogP contribution in [0.25, 0.3) is 44.1 Å². The van der Waals surface area contributed by atoms with Crippen molar-refractivity contribution in [2.45, 2.75) is 19.9 Å². The SMILES string of the molecule is Cc1c2c(c(C)c3c1c(-c1ccccc1)nc1ccccc13)C(c1ccccc1)Nc1cc(P(=O)(c3ccccc3)c3ccccc3)ccc1-2. The molecule has 0 saturated heterocycles. The number of nitrogens with zero attached hydrogens (tertiary/aromatic N) is 1. The van der Waals surface area contributed by atoms with Gasteiger partial charge in [0.2, 0.25) is 0 Å². The number of pyridine rings is 1. The number of hydrogen-bond acceptors (Lipinski definition) is 3. The van der Waals surface area contributed by atoms with Crippen molar-refractivity contribution in [3.8, 4) is 22.4 Å². The average molecular weight is 663 g/mol. The van der Waals surface area contributed by atoms with Crippen LogP contribution in [0.2, 0.25) is 0 Å². The lowest BCUT2D eigenvalue weighted by atomic mass is 9.78. The van der Waals surface area contributed by atoms with E-state index >= 15 is 4.57 Å². The van der Waals surface area contributed by atoms with Crippen LogP contribution in [-0.2, 0) is 4.57 Å². The number of aromatic nitrogens is 1. The summed E-state index contributed by atoms with van der Waals surface area (Å²) in [6.07, 6.45) is 0. The van der Waals surface area contributed by atoms with Gasteiger partial charge in [0.15, 0.2) is 7.14 Å². The van der Waals surface area contributed by atoms with Crippen LogP contribution in [0.4, 0.5) is 5.69 Å². The van der Waals surface area contributed by atoms with Gasteiger partial charge >= 0.3 is 0 Å². The van der Waals surface area contributed by atoms with Crippen LogP contribution in [0.1, 0.15) is 28.3 Å². The molecule has 50 heavy (non-hydrogen) atoms. The third kappa shape index (κ3) is 4.65. The maximum atomic E-state index is 15.5. The van der Waals surface area contributed by atoms with Crippen LogP contribution in [0.3, 0.4) is 0 Å². The molecule has 1 aliphatic rings. The molecule has 4 heteroatoms. The van der Waals surface area contributed by atoms with E-state index in [0.29, 0.717) is 0 Å². The van der Waals surface area contributed by atoms with Crippen LogP contribution in [0.15, 0.2) is 164 Å². The van der Waals surface area contributed by atoms with Crippen LogP contribution in [0.5, 0.6) is 0 Å². The molecule has 0 aliphatic carbocycles. The summed E-state index contributed by atoms with van der Waals surface area (Å²) in [7, 11) is -3.18. The Bertz CT molecular complexity index is 2560. The molecule has 8 aromatic rings. The molecule has 1 aromatic heterocycles. The summed E-state index contributed by atoms with van der Waals surface area (Å²) in [6, 6.07) is 55.9. The van der Waals surface area contributed by atoms with Crippen molar-refractivity contribution in [2.75, 3.05) is 5.32 Å². The van der Waals surface area contributed by atoms with E-state index in [1.54, 1.807) is 0 Å². The van der Waals surface area contributed by atoms with Crippen LogP contribution in [0, 0.1) is 13.8 Å². The van der Waals surface area contributed by atoms with Crippen LogP contribution >= 0.6 is 7.14 Å². The Kier molecular flexibility index (Phi) is 7.26. The first-order valence-electron chi connectivity index (χ1n) is 17.1. The lowest BCUT2D eigenvalue weighted by molar-refractivity contribution is 0.592. The molecular formula is C46H35N2OP. The highest BCUT2D eigenvalue weighted by atomic mass is 31.2. The number of anilines is 1. The van der Waals surface area contributed by atoms with Crippen molar-refractivity contribution >= 4 is 50.4 Å². The van der Waals surface area contributed by atoms with Gasteiger partial charge in [-0.15, -0.1) is 0 Å². The van der Waals surface area contributed by atoms with E-state index in [9.17, 15) is 0 Å². The van der Waals surface area contributed by atoms with E-state index < -0.39 is 7.14 Å². The number of aryl methyl sites for hydroxylation is 2. The summed E-state index contributed by atoms with van der Waals surface area (Å²) in [4.78, 5) is 5.32. The van der Waals surface area contributed by atoms with Gasteiger partial charge in [-0.3, -0.25) is 0 Å². The van der Waals surface area contributed by atoms with E-state index in [1.807, 2.05) is 60.7 Å². The minimum Gasteiger partial charge on any atom is -0.374 e. The van der Waals surface area contributed by atoms with Crippen molar-refractivity contribution < 1.29 is 4.57 Å². The first kappa shape index (κ1) is 30.3. The van der Waals surface area contributed by atoms with E-state index in [0.717, 1.165) is 49.3 Å². The summed E-state index contributed by atoms with van der Waals surface area (Å²) in [6.45, 7) is 4.53. The molecule has 0 saturated carbocycles. The Morgan fingerprint density at radius 2 is 1.16 bits per heavy atom. The highest BCUT2D eigenvalue weighted by molar-refractivity contribution is 7.85. The van der Waals surface area contributed by atoms with Gasteiger partial charge in [-0.2, -0.15) is 0 Å². The van der Waals surface area contributed by atoms with Gasteiger partial charge in [0.25, 0.3) is 0 Å². The quantitative estimate of drug-likeness (QED) is 0.147. The van der Waals surface area contributed by atoms with Crippen molar-refractivity contribution in [2.24, 2.45) is 0 Å². The van der Waals surface area contributed by atoms with Crippen LogP contribution < -0.4 is 21.2 Å². The molecule has 9 rings (SSSR count). The fraction of sp³-hybridized carbons (Fsp3) is 0.0652. The van der Waals surface area contributed by atoms with Crippen molar-refractivity contribution in [1.82, 2.24) is 4.98 Å². The Balaban J connectivity index is 1.38. The second kappa shape index (κ2) is 12.0. The Morgan fingerprint density at radius 3 is 1.82 bits per heavy atom. The van der Waals surface area contributed by atoms with E-state index in [-0.39, 0.29) is 6.04 Å². The zero-order valence-corrected chi connectivity index (χ0v) is 28.9. The smallest absolute Gasteiger partial charge is 0.171 e. The van der Waals surface area contributed by atoms with Crippen LogP contribution in [-0.4, -0.2) is 4.98 Å². The molecule has 0 spiro atoms. The number of rotatable bonds is 5. The number of fused-ring (bicyclic) bond motifs is 6. The minimum absolute atomic E-state index is 0.114. The molecular weight excluding hydrogens is 627 g/mol. The summed E-state index contributed by atoms with van der Waals surface area (Å²) in [5, 5.41) is 10.0. The zero-order valence-electron chi connectivity index (χ0n) is 28.0. The van der Waals surface area contributed by atoms with Crippen molar-refractivity contribution in [3.05, 3.63) is 186 Å². The summed E-state index contributed by atoms with van der Waals surface area (Å²) >= 11 is 0. The van der Waals surface area contributed by atoms with E-state index in [2.05, 4.69) is 122 Å². The molecule has 0 fully saturated rings. The van der Waals surface area contributed by atoms with Gasteiger partial charge in [-0.1, -0.05) is 152 Å². The fourth-order valence-electron chi connectivity index (χ4n) is 8.04. The average Bonchev–Trinajstić information content (AvgIpc) is 3.19. The molecule has 1 atom stereocenters. The van der Waals surface area contributed by atoms with Gasteiger partial charge in [0, 0.05) is 43.5 Å². The first-order chi connectivity index (χ1) is 24.5. The van der Waals surface area contributed by atoms with Gasteiger partial charge in [0.1, 0.15) is 0 Å². The third-order valence-corrected chi connectivity index (χ3v) is 13.4. The van der Waals surface area contributed by atoms with Gasteiger partial charge in [-0.05, 0) is 59.2 Å². The normalized spacial score (nSPS) is 13.8. The third-order valence-electron chi connectivity index (χ3n) is 10.3. The number of benzene rings is 7. The zero-order chi connectivity index (χ0) is 33.8. The molecule has 1 N–H and O–H groups in total. The van der Waals surface area contributed by atoms with Gasteiger partial charge in [-0.25, -0.2) is 4.98 Å². The molecule has 7 aromatic carbocycles. The summed E-state index contributed by atoms with van der Waals surface area (Å²) < 4.78 is 15.5. The summed E-state index contributed by atoms with van der Waals surface area (Å²) in [5.41, 5.74) is 11.3. The first-order valence-corrected chi connectivity index (χ1v) is 18.8. The molecule has 240 valence electrons. The fourth-order valence-corrected chi connectivity index (χ4v) is 10.7. The largest absolute Gasteiger partial charge is 0.374 e. The molecule has 3 nitrogen and oxygen atoms in total. The second-order valence-corrected chi connectivity index (χ2v) is 15.9. The van der Waals surface area contributed by atoms with Crippen molar-refractivity contribution in [3.63, 3.8) is 0 Å². The monoisotopic (exact) mass is 662 g/mol. The molecule has 0 amide bonds. The molecule has 2 heterocycles. The lowest BCUT2D eigenvalue weighted by Crippen LogP contribution is -2.27. The Labute approximate surface area is 292 Å². The lowest BCUT2D eigenvalue weighted by Gasteiger charge is -2.35.